The molecule has 4 saturated heterocycles. The lowest BCUT2D eigenvalue weighted by Gasteiger charge is -2.36. The van der Waals surface area contributed by atoms with Crippen LogP contribution in [0.15, 0.2) is 109 Å². The van der Waals surface area contributed by atoms with Gasteiger partial charge >= 0.3 is 12.2 Å². The number of carbonyl (C=O) groups is 6. The largest absolute Gasteiger partial charge is 0.444 e. The SMILES string of the molecule is CC(C)(C)OC(=O)N[C@H](C(=O)N1CCC[C@H]1CN(CCc1ccccc1)C(=O)c1ccc(-c2ccc(C(=O)N(CCc3ccccc3)C[C@@H]3CCCN3C(=O)[C@@H](NC(=O)OC(C)(C)C)C3CCOCC3)cc2)cc1)C1CCOCC1. The van der Waals surface area contributed by atoms with Crippen LogP contribution in [0.2, 0.25) is 0 Å². The molecule has 2 N–H and O–H groups in total. The fourth-order valence-electron chi connectivity index (χ4n) is 11.6. The quantitative estimate of drug-likeness (QED) is 0.0920. The topological polar surface area (TPSA) is 176 Å². The van der Waals surface area contributed by atoms with Gasteiger partial charge in [-0.25, -0.2) is 9.59 Å². The number of nitrogens with one attached hydrogen (secondary N) is 2. The van der Waals surface area contributed by atoms with Crippen molar-refractivity contribution in [2.75, 3.05) is 65.7 Å². The van der Waals surface area contributed by atoms with Crippen LogP contribution < -0.4 is 10.6 Å². The van der Waals surface area contributed by atoms with E-state index in [0.29, 0.717) is 115 Å². The van der Waals surface area contributed by atoms with Crippen molar-refractivity contribution in [3.05, 3.63) is 131 Å². The van der Waals surface area contributed by atoms with Crippen LogP contribution in [0, 0.1) is 11.8 Å². The summed E-state index contributed by atoms with van der Waals surface area (Å²) >= 11 is 0. The summed E-state index contributed by atoms with van der Waals surface area (Å²) in [7, 11) is 0. The van der Waals surface area contributed by atoms with Gasteiger partial charge in [-0.3, -0.25) is 19.2 Å². The Morgan fingerprint density at radius 2 is 0.863 bits per heavy atom. The Labute approximate surface area is 473 Å². The van der Waals surface area contributed by atoms with Crippen LogP contribution in [0.1, 0.15) is 125 Å². The maximum absolute atomic E-state index is 14.7. The number of amides is 6. The van der Waals surface area contributed by atoms with Gasteiger partial charge in [-0.1, -0.05) is 84.9 Å². The van der Waals surface area contributed by atoms with E-state index in [1.165, 1.54) is 0 Å². The van der Waals surface area contributed by atoms with E-state index in [9.17, 15) is 28.8 Å². The molecule has 0 unspecified atom stereocenters. The monoisotopic (exact) mass is 1100 g/mol. The van der Waals surface area contributed by atoms with Gasteiger partial charge in [0.1, 0.15) is 23.3 Å². The van der Waals surface area contributed by atoms with Gasteiger partial charge in [-0.05, 0) is 164 Å². The maximum Gasteiger partial charge on any atom is 0.408 e. The summed E-state index contributed by atoms with van der Waals surface area (Å²) in [5.41, 5.74) is 3.52. The minimum atomic E-state index is -0.779. The lowest BCUT2D eigenvalue weighted by atomic mass is 9.90. The molecule has 16 nitrogen and oxygen atoms in total. The van der Waals surface area contributed by atoms with Crippen LogP contribution in [0.25, 0.3) is 11.1 Å². The zero-order chi connectivity index (χ0) is 56.8. The Morgan fingerprint density at radius 3 is 1.20 bits per heavy atom. The molecule has 4 heterocycles. The lowest BCUT2D eigenvalue weighted by molar-refractivity contribution is -0.137. The van der Waals surface area contributed by atoms with Gasteiger partial charge < -0.3 is 49.2 Å². The predicted molar refractivity (Wildman–Crippen MR) is 307 cm³/mol. The standard InChI is InChI=1S/C64H84N6O10/c1-63(2,3)79-61(75)65-55(49-31-39-77-40-32-49)59(73)69-35-13-19-53(69)43-67(37-29-45-15-9-7-10-16-45)57(71)51-25-21-47(22-26-51)48-23-27-52(28-24-48)58(72)68(38-30-46-17-11-8-12-18-46)44-54-20-14-36-70(54)60(74)56(50-33-41-78-42-34-50)66-62(76)80-64(4,5)6/h7-12,15-18,21-28,49-50,53-56H,13-14,19-20,29-44H2,1-6H3,(H,65,75)(H,66,76)/t53-,54-,55-,56-/m0/s1. The van der Waals surface area contributed by atoms with Gasteiger partial charge in [-0.2, -0.15) is 0 Å². The molecule has 16 heteroatoms. The van der Waals surface area contributed by atoms with Crippen molar-refractivity contribution < 1.29 is 47.7 Å². The first-order chi connectivity index (χ1) is 38.4. The van der Waals surface area contributed by atoms with Crippen molar-refractivity contribution in [1.82, 2.24) is 30.2 Å². The maximum atomic E-state index is 14.7. The van der Waals surface area contributed by atoms with Crippen molar-refractivity contribution in [1.29, 1.82) is 0 Å². The van der Waals surface area contributed by atoms with Gasteiger partial charge in [0.2, 0.25) is 11.8 Å². The molecule has 0 bridgehead atoms. The summed E-state index contributed by atoms with van der Waals surface area (Å²) in [5.74, 6) is -0.817. The van der Waals surface area contributed by atoms with E-state index in [-0.39, 0.29) is 47.5 Å². The summed E-state index contributed by atoms with van der Waals surface area (Å²) in [5, 5.41) is 5.87. The average Bonchev–Trinajstić information content (AvgIpc) is 4.13. The number of likely N-dealkylation sites (tertiary alicyclic amines) is 2. The zero-order valence-corrected chi connectivity index (χ0v) is 47.9. The third kappa shape index (κ3) is 16.7. The van der Waals surface area contributed by atoms with Crippen molar-refractivity contribution >= 4 is 35.8 Å². The number of ether oxygens (including phenoxy) is 4. The third-order valence-electron chi connectivity index (χ3n) is 15.7. The zero-order valence-electron chi connectivity index (χ0n) is 47.9. The number of rotatable bonds is 19. The highest BCUT2D eigenvalue weighted by Crippen LogP contribution is 2.30. The Hall–Kier alpha value is -6.78. The Morgan fingerprint density at radius 1 is 0.512 bits per heavy atom. The molecule has 8 rings (SSSR count). The molecule has 0 aliphatic carbocycles. The van der Waals surface area contributed by atoms with Crippen molar-refractivity contribution in [3.63, 3.8) is 0 Å². The second-order valence-corrected chi connectivity index (χ2v) is 23.9. The van der Waals surface area contributed by atoms with Crippen LogP contribution in [0.4, 0.5) is 9.59 Å². The second kappa shape index (κ2) is 27.6. The highest BCUT2D eigenvalue weighted by Gasteiger charge is 2.42. The van der Waals surface area contributed by atoms with Crippen molar-refractivity contribution in [3.8, 4) is 11.1 Å². The summed E-state index contributed by atoms with van der Waals surface area (Å²) in [4.78, 5) is 92.3. The molecular formula is C64H84N6O10. The molecule has 430 valence electrons. The summed E-state index contributed by atoms with van der Waals surface area (Å²) in [6.07, 6.45) is 5.57. The van der Waals surface area contributed by atoms with E-state index in [0.717, 1.165) is 47.9 Å². The van der Waals surface area contributed by atoms with Gasteiger partial charge in [0.25, 0.3) is 11.8 Å². The molecule has 4 atom stereocenters. The molecule has 0 spiro atoms. The second-order valence-electron chi connectivity index (χ2n) is 23.9. The molecule has 0 aromatic heterocycles. The minimum absolute atomic E-state index is 0.110. The minimum Gasteiger partial charge on any atom is -0.444 e. The normalized spacial score (nSPS) is 18.9. The first-order valence-corrected chi connectivity index (χ1v) is 29.0. The van der Waals surface area contributed by atoms with Gasteiger partial charge in [-0.15, -0.1) is 0 Å². The van der Waals surface area contributed by atoms with E-state index in [4.69, 9.17) is 18.9 Å². The fourth-order valence-corrected chi connectivity index (χ4v) is 11.6. The smallest absolute Gasteiger partial charge is 0.408 e. The van der Waals surface area contributed by atoms with Crippen molar-refractivity contribution in [2.45, 2.75) is 141 Å². The Kier molecular flexibility index (Phi) is 20.5. The molecule has 4 aliphatic heterocycles. The number of benzene rings is 4. The molecule has 6 amide bonds. The number of carbonyl (C=O) groups excluding carboxylic acids is 6. The Balaban J connectivity index is 0.968. The van der Waals surface area contributed by atoms with Crippen molar-refractivity contribution in [2.24, 2.45) is 11.8 Å². The highest BCUT2D eigenvalue weighted by atomic mass is 16.6. The van der Waals surface area contributed by atoms with Gasteiger partial charge in [0.05, 0.1) is 0 Å². The average molecular weight is 1100 g/mol. The van der Waals surface area contributed by atoms with E-state index >= 15 is 0 Å². The predicted octanol–water partition coefficient (Wildman–Crippen LogP) is 9.35. The number of nitrogens with zero attached hydrogens (tertiary/aromatic N) is 4. The third-order valence-corrected chi connectivity index (χ3v) is 15.7. The number of hydrogen-bond acceptors (Lipinski definition) is 10. The lowest BCUT2D eigenvalue weighted by Crippen LogP contribution is -2.56. The van der Waals surface area contributed by atoms with Gasteiger partial charge in [0.15, 0.2) is 0 Å². The summed E-state index contributed by atoms with van der Waals surface area (Å²) < 4.78 is 22.5. The van der Waals surface area contributed by atoms with Crippen LogP contribution in [0.3, 0.4) is 0 Å². The molecule has 0 saturated carbocycles. The van der Waals surface area contributed by atoms with Crippen LogP contribution in [-0.2, 0) is 41.4 Å². The molecule has 4 aliphatic rings. The number of alkyl carbamates (subject to hydrolysis) is 2. The van der Waals surface area contributed by atoms with Gasteiger partial charge in [0, 0.05) is 88.9 Å². The molecule has 80 heavy (non-hydrogen) atoms. The van der Waals surface area contributed by atoms with Crippen LogP contribution in [0.5, 0.6) is 0 Å². The summed E-state index contributed by atoms with van der Waals surface area (Å²) in [6.45, 7) is 15.4. The summed E-state index contributed by atoms with van der Waals surface area (Å²) in [6, 6.07) is 33.1. The Bertz CT molecular complexity index is 2500. The molecular weight excluding hydrogens is 1010 g/mol. The van der Waals surface area contributed by atoms with E-state index in [1.807, 2.05) is 105 Å². The highest BCUT2D eigenvalue weighted by molar-refractivity contribution is 5.96. The fraction of sp³-hybridized carbons (Fsp3) is 0.531. The van der Waals surface area contributed by atoms with Crippen LogP contribution in [-0.4, -0.2) is 156 Å². The first-order valence-electron chi connectivity index (χ1n) is 29.0. The van der Waals surface area contributed by atoms with E-state index in [1.54, 1.807) is 41.5 Å². The molecule has 4 aromatic rings. The molecule has 4 fully saturated rings. The van der Waals surface area contributed by atoms with Crippen LogP contribution >= 0.6 is 0 Å². The molecule has 0 radical (unpaired) electrons. The van der Waals surface area contributed by atoms with E-state index in [2.05, 4.69) is 34.9 Å². The molecule has 4 aromatic carbocycles. The number of hydrogen-bond donors (Lipinski definition) is 2. The first kappa shape index (κ1) is 59.3. The van der Waals surface area contributed by atoms with E-state index < -0.39 is 35.5 Å².